The van der Waals surface area contributed by atoms with Gasteiger partial charge in [-0.25, -0.2) is 0 Å². The number of anilines is 1. The molecule has 1 aromatic carbocycles. The van der Waals surface area contributed by atoms with Gasteiger partial charge in [-0.1, -0.05) is 37.3 Å². The highest BCUT2D eigenvalue weighted by atomic mass is 16.2. The van der Waals surface area contributed by atoms with Gasteiger partial charge in [0.25, 0.3) is 0 Å². The highest BCUT2D eigenvalue weighted by molar-refractivity contribution is 5.95. The fourth-order valence-corrected chi connectivity index (χ4v) is 2.26. The smallest absolute Gasteiger partial charge is 0.224 e. The van der Waals surface area contributed by atoms with Crippen molar-refractivity contribution < 1.29 is 4.79 Å². The Labute approximate surface area is 96.6 Å². The first-order valence-corrected chi connectivity index (χ1v) is 5.78. The minimum absolute atomic E-state index is 0.121. The summed E-state index contributed by atoms with van der Waals surface area (Å²) >= 11 is 0. The van der Waals surface area contributed by atoms with E-state index < -0.39 is 0 Å². The molecule has 0 saturated heterocycles. The molecule has 0 aliphatic carbocycles. The summed E-state index contributed by atoms with van der Waals surface area (Å²) in [5.74, 6) is 0.121. The van der Waals surface area contributed by atoms with Gasteiger partial charge < -0.3 is 4.90 Å². The second kappa shape index (κ2) is 4.52. The van der Waals surface area contributed by atoms with Crippen molar-refractivity contribution in [3.05, 3.63) is 42.0 Å². The predicted octanol–water partition coefficient (Wildman–Crippen LogP) is 2.93. The van der Waals surface area contributed by atoms with Crippen molar-refractivity contribution in [2.75, 3.05) is 4.90 Å². The molecule has 16 heavy (non-hydrogen) atoms. The number of carbonyl (C=O) groups excluding carboxylic acids is 1. The molecule has 1 atom stereocenters. The number of hydrogen-bond acceptors (Lipinski definition) is 1. The molecular formula is C14H17NO. The number of para-hydroxylation sites is 1. The first-order chi connectivity index (χ1) is 7.74. The number of amides is 1. The normalized spacial score (nSPS) is 19.1. The number of nitrogens with zero attached hydrogens (tertiary/aromatic N) is 1. The third kappa shape index (κ3) is 1.87. The summed E-state index contributed by atoms with van der Waals surface area (Å²) in [6.45, 7) is 3.74. The van der Waals surface area contributed by atoms with Gasteiger partial charge in [0.1, 0.15) is 0 Å². The molecule has 1 amide bonds. The van der Waals surface area contributed by atoms with Crippen molar-refractivity contribution in [3.63, 3.8) is 0 Å². The highest BCUT2D eigenvalue weighted by Crippen LogP contribution is 2.32. The summed E-state index contributed by atoms with van der Waals surface area (Å²) in [5, 5.41) is 0. The lowest BCUT2D eigenvalue weighted by Gasteiger charge is -2.21. The van der Waals surface area contributed by atoms with Crippen LogP contribution in [0.25, 0.3) is 0 Å². The van der Waals surface area contributed by atoms with Crippen LogP contribution in [0.2, 0.25) is 0 Å². The summed E-state index contributed by atoms with van der Waals surface area (Å²) in [6.07, 6.45) is 6.22. The van der Waals surface area contributed by atoms with E-state index >= 15 is 0 Å². The fourth-order valence-electron chi connectivity index (χ4n) is 2.26. The molecule has 2 nitrogen and oxygen atoms in total. The number of benzene rings is 1. The van der Waals surface area contributed by atoms with Crippen LogP contribution < -0.4 is 4.90 Å². The number of rotatable bonds is 2. The van der Waals surface area contributed by atoms with Crippen LogP contribution >= 0.6 is 0 Å². The maximum atomic E-state index is 11.7. The maximum Gasteiger partial charge on any atom is 0.224 e. The van der Waals surface area contributed by atoms with E-state index in [1.165, 1.54) is 5.56 Å². The zero-order chi connectivity index (χ0) is 11.5. The van der Waals surface area contributed by atoms with Crippen molar-refractivity contribution in [1.82, 2.24) is 0 Å². The molecule has 0 fully saturated rings. The van der Waals surface area contributed by atoms with Crippen LogP contribution in [-0.2, 0) is 11.2 Å². The lowest BCUT2D eigenvalue weighted by molar-refractivity contribution is -0.116. The van der Waals surface area contributed by atoms with E-state index in [0.717, 1.165) is 18.5 Å². The van der Waals surface area contributed by atoms with Crippen LogP contribution in [0.1, 0.15) is 25.8 Å². The maximum absolute atomic E-state index is 11.7. The Hall–Kier alpha value is -1.57. The molecule has 2 rings (SSSR count). The Balaban J connectivity index is 2.33. The molecule has 0 saturated carbocycles. The number of fused-ring (bicyclic) bond motifs is 1. The lowest BCUT2D eigenvalue weighted by atomic mass is 10.1. The Morgan fingerprint density at radius 3 is 2.94 bits per heavy atom. The highest BCUT2D eigenvalue weighted by Gasteiger charge is 2.29. The van der Waals surface area contributed by atoms with E-state index in [4.69, 9.17) is 0 Å². The molecule has 84 valence electrons. The minimum Gasteiger partial charge on any atom is -0.305 e. The van der Waals surface area contributed by atoms with Gasteiger partial charge in [0.05, 0.1) is 6.04 Å². The molecule has 0 bridgehead atoms. The SMILES string of the molecule is CCC=C[C@@H]1Cc2ccccc2N1C(C)=O. The van der Waals surface area contributed by atoms with Crippen molar-refractivity contribution in [2.45, 2.75) is 32.7 Å². The third-order valence-corrected chi connectivity index (χ3v) is 2.95. The first kappa shape index (κ1) is 10.9. The Bertz CT molecular complexity index is 422. The molecule has 0 aromatic heterocycles. The van der Waals surface area contributed by atoms with Crippen molar-refractivity contribution in [2.24, 2.45) is 0 Å². The molecule has 1 aromatic rings. The molecule has 1 aliphatic heterocycles. The first-order valence-electron chi connectivity index (χ1n) is 5.78. The van der Waals surface area contributed by atoms with Gasteiger partial charge >= 0.3 is 0 Å². The third-order valence-electron chi connectivity index (χ3n) is 2.95. The molecule has 1 heterocycles. The molecule has 2 heteroatoms. The van der Waals surface area contributed by atoms with Crippen molar-refractivity contribution in [1.29, 1.82) is 0 Å². The van der Waals surface area contributed by atoms with Gasteiger partial charge in [0.2, 0.25) is 5.91 Å². The number of carbonyl (C=O) groups is 1. The Morgan fingerprint density at radius 2 is 2.25 bits per heavy atom. The average Bonchev–Trinajstić information content (AvgIpc) is 2.64. The van der Waals surface area contributed by atoms with Gasteiger partial charge in [-0.3, -0.25) is 4.79 Å². The summed E-state index contributed by atoms with van der Waals surface area (Å²) in [4.78, 5) is 13.6. The van der Waals surface area contributed by atoms with E-state index in [9.17, 15) is 4.79 Å². The van der Waals surface area contributed by atoms with Crippen molar-refractivity contribution in [3.8, 4) is 0 Å². The molecule has 0 unspecified atom stereocenters. The summed E-state index contributed by atoms with van der Waals surface area (Å²) in [7, 11) is 0. The van der Waals surface area contributed by atoms with E-state index in [1.54, 1.807) is 6.92 Å². The van der Waals surface area contributed by atoms with Gasteiger partial charge in [0.15, 0.2) is 0 Å². The largest absolute Gasteiger partial charge is 0.305 e. The van der Waals surface area contributed by atoms with Crippen LogP contribution in [0.5, 0.6) is 0 Å². The van der Waals surface area contributed by atoms with Gasteiger partial charge in [-0.05, 0) is 24.5 Å². The summed E-state index contributed by atoms with van der Waals surface area (Å²) in [6, 6.07) is 8.35. The minimum atomic E-state index is 0.121. The lowest BCUT2D eigenvalue weighted by Crippen LogP contribution is -2.34. The predicted molar refractivity (Wildman–Crippen MR) is 66.5 cm³/mol. The van der Waals surface area contributed by atoms with Crippen LogP contribution in [-0.4, -0.2) is 11.9 Å². The molecule has 0 N–H and O–H groups in total. The average molecular weight is 215 g/mol. The van der Waals surface area contributed by atoms with Gasteiger partial charge in [-0.2, -0.15) is 0 Å². The summed E-state index contributed by atoms with van der Waals surface area (Å²) in [5.41, 5.74) is 2.34. The molecule has 0 radical (unpaired) electrons. The number of allylic oxidation sites excluding steroid dienone is 1. The van der Waals surface area contributed by atoms with Gasteiger partial charge in [-0.15, -0.1) is 0 Å². The second-order valence-corrected chi connectivity index (χ2v) is 4.13. The molecule has 1 aliphatic rings. The van der Waals surface area contributed by atoms with Gasteiger partial charge in [0, 0.05) is 12.6 Å². The van der Waals surface area contributed by atoms with Crippen LogP contribution in [0.4, 0.5) is 5.69 Å². The van der Waals surface area contributed by atoms with Crippen LogP contribution in [0, 0.1) is 0 Å². The zero-order valence-corrected chi connectivity index (χ0v) is 9.81. The van der Waals surface area contributed by atoms with E-state index in [0.29, 0.717) is 0 Å². The molecular weight excluding hydrogens is 198 g/mol. The zero-order valence-electron chi connectivity index (χ0n) is 9.81. The monoisotopic (exact) mass is 215 g/mol. The van der Waals surface area contributed by atoms with E-state index in [2.05, 4.69) is 25.1 Å². The van der Waals surface area contributed by atoms with Crippen LogP contribution in [0.15, 0.2) is 36.4 Å². The Morgan fingerprint density at radius 1 is 1.50 bits per heavy atom. The molecule has 0 spiro atoms. The van der Waals surface area contributed by atoms with E-state index in [-0.39, 0.29) is 11.9 Å². The Kier molecular flexibility index (Phi) is 3.09. The van der Waals surface area contributed by atoms with Crippen molar-refractivity contribution >= 4 is 11.6 Å². The standard InChI is InChI=1S/C14H17NO/c1-3-4-8-13-10-12-7-5-6-9-14(12)15(13)11(2)16/h4-9,13H,3,10H2,1-2H3/t13-/m1/s1. The number of hydrogen-bond donors (Lipinski definition) is 0. The summed E-state index contributed by atoms with van der Waals surface area (Å²) < 4.78 is 0. The second-order valence-electron chi connectivity index (χ2n) is 4.13. The van der Waals surface area contributed by atoms with E-state index in [1.807, 2.05) is 23.1 Å². The quantitative estimate of drug-likeness (QED) is 0.695. The fraction of sp³-hybridized carbons (Fsp3) is 0.357. The van der Waals surface area contributed by atoms with Crippen LogP contribution in [0.3, 0.4) is 0 Å². The topological polar surface area (TPSA) is 20.3 Å².